The van der Waals surface area contributed by atoms with Crippen LogP contribution in [0.25, 0.3) is 22.4 Å². The second-order valence-electron chi connectivity index (χ2n) is 9.54. The monoisotopic (exact) mass is 483 g/mol. The van der Waals surface area contributed by atoms with E-state index < -0.39 is 5.60 Å². The molecule has 3 aromatic rings. The van der Waals surface area contributed by atoms with Gasteiger partial charge in [0, 0.05) is 30.8 Å². The minimum absolute atomic E-state index is 0.0178. The molecule has 0 radical (unpaired) electrons. The lowest BCUT2D eigenvalue weighted by molar-refractivity contribution is -0.148. The Morgan fingerprint density at radius 3 is 2.91 bits per heavy atom. The third kappa shape index (κ3) is 4.20. The van der Waals surface area contributed by atoms with E-state index in [1.54, 1.807) is 11.1 Å². The third-order valence-electron chi connectivity index (χ3n) is 6.69. The van der Waals surface area contributed by atoms with Crippen molar-refractivity contribution in [1.82, 2.24) is 25.2 Å². The number of amides is 1. The molecule has 0 saturated carbocycles. The van der Waals surface area contributed by atoms with Crippen molar-refractivity contribution in [3.63, 3.8) is 0 Å². The standard InChI is InChI=1S/C25H30ClN5O3/c1-4-16-21-23(30-22(16)26)28-11-19(29-21)15-9-14-5-7-31(24(32)25(2,3)33)12-18(14)17(10-15)20-13-34-8-6-27-20/h9-11,20,27,33H,4-8,12-13H2,1-3H3,(H,28,30)/t20-/m0/s1. The Morgan fingerprint density at radius 2 is 2.21 bits per heavy atom. The highest BCUT2D eigenvalue weighted by atomic mass is 35.5. The van der Waals surface area contributed by atoms with E-state index in [4.69, 9.17) is 21.3 Å². The number of carbonyl (C=O) groups excluding carboxylic acids is 1. The van der Waals surface area contributed by atoms with Crippen LogP contribution >= 0.6 is 11.6 Å². The smallest absolute Gasteiger partial charge is 0.254 e. The Bertz CT molecular complexity index is 1240. The number of hydrogen-bond acceptors (Lipinski definition) is 6. The highest BCUT2D eigenvalue weighted by molar-refractivity contribution is 6.31. The number of hydrogen-bond donors (Lipinski definition) is 3. The van der Waals surface area contributed by atoms with E-state index >= 15 is 0 Å². The van der Waals surface area contributed by atoms with Crippen molar-refractivity contribution in [3.8, 4) is 11.3 Å². The first-order chi connectivity index (χ1) is 16.3. The Morgan fingerprint density at radius 1 is 1.38 bits per heavy atom. The Kier molecular flexibility index (Phi) is 6.10. The molecule has 4 heterocycles. The van der Waals surface area contributed by atoms with Crippen LogP contribution in [0, 0.1) is 0 Å². The lowest BCUT2D eigenvalue weighted by atomic mass is 9.87. The van der Waals surface area contributed by atoms with Gasteiger partial charge in [-0.1, -0.05) is 18.5 Å². The zero-order chi connectivity index (χ0) is 24.0. The summed E-state index contributed by atoms with van der Waals surface area (Å²) < 4.78 is 5.76. The number of carbonyl (C=O) groups is 1. The first kappa shape index (κ1) is 23.2. The topological polar surface area (TPSA) is 103 Å². The van der Waals surface area contributed by atoms with Crippen LogP contribution < -0.4 is 5.32 Å². The van der Waals surface area contributed by atoms with Crippen LogP contribution in [0.5, 0.6) is 0 Å². The third-order valence-corrected chi connectivity index (χ3v) is 7.01. The molecule has 9 heteroatoms. The maximum absolute atomic E-state index is 12.8. The van der Waals surface area contributed by atoms with Gasteiger partial charge in [0.05, 0.1) is 31.1 Å². The van der Waals surface area contributed by atoms with E-state index in [-0.39, 0.29) is 11.9 Å². The largest absolute Gasteiger partial charge is 0.381 e. The van der Waals surface area contributed by atoms with Gasteiger partial charge in [-0.15, -0.1) is 0 Å². The summed E-state index contributed by atoms with van der Waals surface area (Å²) in [6, 6.07) is 4.31. The number of aryl methyl sites for hydroxylation is 1. The Balaban J connectivity index is 1.59. The molecule has 34 heavy (non-hydrogen) atoms. The second-order valence-corrected chi connectivity index (χ2v) is 9.92. The van der Waals surface area contributed by atoms with Crippen molar-refractivity contribution in [3.05, 3.63) is 45.7 Å². The van der Waals surface area contributed by atoms with Gasteiger partial charge in [-0.3, -0.25) is 4.79 Å². The molecule has 1 amide bonds. The highest BCUT2D eigenvalue weighted by Crippen LogP contribution is 2.34. The summed E-state index contributed by atoms with van der Waals surface area (Å²) in [5, 5.41) is 14.4. The number of H-pyrrole nitrogens is 1. The molecule has 2 aliphatic rings. The first-order valence-electron chi connectivity index (χ1n) is 11.8. The van der Waals surface area contributed by atoms with Gasteiger partial charge in [0.25, 0.3) is 5.91 Å². The zero-order valence-corrected chi connectivity index (χ0v) is 20.5. The zero-order valence-electron chi connectivity index (χ0n) is 19.7. The molecule has 8 nitrogen and oxygen atoms in total. The van der Waals surface area contributed by atoms with Gasteiger partial charge in [-0.05, 0) is 55.5 Å². The van der Waals surface area contributed by atoms with Crippen LogP contribution in [0.2, 0.25) is 5.15 Å². The number of nitrogens with one attached hydrogen (secondary N) is 2. The predicted octanol–water partition coefficient (Wildman–Crippen LogP) is 3.16. The van der Waals surface area contributed by atoms with Crippen molar-refractivity contribution in [2.45, 2.75) is 51.8 Å². The van der Waals surface area contributed by atoms with Gasteiger partial charge >= 0.3 is 0 Å². The number of fused-ring (bicyclic) bond motifs is 2. The van der Waals surface area contributed by atoms with Crippen LogP contribution in [0.3, 0.4) is 0 Å². The maximum Gasteiger partial charge on any atom is 0.254 e. The maximum atomic E-state index is 12.8. The molecule has 0 spiro atoms. The van der Waals surface area contributed by atoms with E-state index in [0.29, 0.717) is 43.5 Å². The number of aliphatic hydroxyl groups is 1. The van der Waals surface area contributed by atoms with Gasteiger partial charge in [0.2, 0.25) is 0 Å². The minimum Gasteiger partial charge on any atom is -0.381 e. The Labute approximate surface area is 203 Å². The molecule has 2 aliphatic heterocycles. The average molecular weight is 484 g/mol. The fraction of sp³-hybridized carbons (Fsp3) is 0.480. The van der Waals surface area contributed by atoms with Crippen LogP contribution in [-0.2, 0) is 28.9 Å². The number of aromatic nitrogens is 3. The molecular weight excluding hydrogens is 454 g/mol. The van der Waals surface area contributed by atoms with Gasteiger partial charge in [-0.2, -0.15) is 0 Å². The van der Waals surface area contributed by atoms with Crippen LogP contribution in [0.1, 0.15) is 49.1 Å². The molecule has 0 unspecified atom stereocenters. The van der Waals surface area contributed by atoms with Crippen molar-refractivity contribution in [1.29, 1.82) is 0 Å². The van der Waals surface area contributed by atoms with E-state index in [0.717, 1.165) is 46.4 Å². The Hall–Kier alpha value is -2.52. The molecule has 3 N–H and O–H groups in total. The van der Waals surface area contributed by atoms with Crippen LogP contribution in [-0.4, -0.2) is 62.8 Å². The van der Waals surface area contributed by atoms with Crippen molar-refractivity contribution in [2.24, 2.45) is 0 Å². The molecule has 2 aromatic heterocycles. The molecule has 1 saturated heterocycles. The molecule has 5 rings (SSSR count). The number of benzene rings is 1. The van der Waals surface area contributed by atoms with Gasteiger partial charge < -0.3 is 25.0 Å². The van der Waals surface area contributed by atoms with E-state index in [9.17, 15) is 9.90 Å². The lowest BCUT2D eigenvalue weighted by Gasteiger charge is -2.36. The number of aromatic amines is 1. The number of halogens is 1. The number of nitrogens with zero attached hydrogens (tertiary/aromatic N) is 3. The molecule has 180 valence electrons. The van der Waals surface area contributed by atoms with E-state index in [1.165, 1.54) is 19.4 Å². The number of ether oxygens (including phenoxy) is 1. The van der Waals surface area contributed by atoms with E-state index in [2.05, 4.69) is 34.3 Å². The summed E-state index contributed by atoms with van der Waals surface area (Å²) in [6.07, 6.45) is 3.25. The normalized spacial score (nSPS) is 18.9. The summed E-state index contributed by atoms with van der Waals surface area (Å²) in [5.74, 6) is -0.256. The van der Waals surface area contributed by atoms with Crippen LogP contribution in [0.4, 0.5) is 0 Å². The quantitative estimate of drug-likeness (QED) is 0.526. The molecule has 1 fully saturated rings. The molecule has 1 atom stereocenters. The lowest BCUT2D eigenvalue weighted by Crippen LogP contribution is -2.47. The minimum atomic E-state index is -1.40. The first-order valence-corrected chi connectivity index (χ1v) is 12.2. The van der Waals surface area contributed by atoms with Crippen molar-refractivity contribution in [2.75, 3.05) is 26.3 Å². The molecular formula is C25H30ClN5O3. The second kappa shape index (κ2) is 8.92. The van der Waals surface area contributed by atoms with Crippen LogP contribution in [0.15, 0.2) is 18.3 Å². The molecule has 0 aliphatic carbocycles. The summed E-state index contributed by atoms with van der Waals surface area (Å²) >= 11 is 6.35. The SMILES string of the molecule is CCc1c(Cl)[nH]c2ncc(-c3cc4c(c([C@@H]5COCCN5)c3)CN(C(=O)C(C)(C)O)CC4)nc12. The summed E-state index contributed by atoms with van der Waals surface area (Å²) in [7, 11) is 0. The van der Waals surface area contributed by atoms with E-state index in [1.807, 2.05) is 0 Å². The van der Waals surface area contributed by atoms with Gasteiger partial charge in [0.15, 0.2) is 5.65 Å². The summed E-state index contributed by atoms with van der Waals surface area (Å²) in [6.45, 7) is 8.16. The fourth-order valence-corrected chi connectivity index (χ4v) is 5.23. The average Bonchev–Trinajstić information content (AvgIpc) is 3.16. The summed E-state index contributed by atoms with van der Waals surface area (Å²) in [4.78, 5) is 27.1. The highest BCUT2D eigenvalue weighted by Gasteiger charge is 2.33. The molecule has 0 bridgehead atoms. The fourth-order valence-electron chi connectivity index (χ4n) is 4.92. The predicted molar refractivity (Wildman–Crippen MR) is 131 cm³/mol. The van der Waals surface area contributed by atoms with Crippen molar-refractivity contribution >= 4 is 28.7 Å². The van der Waals surface area contributed by atoms with Crippen molar-refractivity contribution < 1.29 is 14.6 Å². The number of morpholine rings is 1. The van der Waals surface area contributed by atoms with Gasteiger partial charge in [-0.25, -0.2) is 9.97 Å². The van der Waals surface area contributed by atoms with Gasteiger partial charge in [0.1, 0.15) is 16.3 Å². The number of rotatable bonds is 4. The molecule has 1 aromatic carbocycles. The summed E-state index contributed by atoms with van der Waals surface area (Å²) in [5.41, 5.74) is 6.22.